The van der Waals surface area contributed by atoms with Crippen LogP contribution >= 0.6 is 0 Å². The van der Waals surface area contributed by atoms with Crippen LogP contribution in [0.4, 0.5) is 5.69 Å². The lowest BCUT2D eigenvalue weighted by molar-refractivity contribution is -0.385. The fourth-order valence-electron chi connectivity index (χ4n) is 1.83. The molecule has 21 heavy (non-hydrogen) atoms. The Morgan fingerprint density at radius 1 is 1.48 bits per heavy atom. The normalized spacial score (nSPS) is 10.7. The van der Waals surface area contributed by atoms with E-state index in [4.69, 9.17) is 0 Å². The Labute approximate surface area is 120 Å². The predicted molar refractivity (Wildman–Crippen MR) is 78.3 cm³/mol. The van der Waals surface area contributed by atoms with Crippen LogP contribution in [0, 0.1) is 10.1 Å². The zero-order chi connectivity index (χ0) is 15.2. The maximum atomic E-state index is 11.6. The number of H-pyrrole nitrogens is 1. The molecule has 0 saturated heterocycles. The van der Waals surface area contributed by atoms with Crippen molar-refractivity contribution in [3.05, 3.63) is 63.5 Å². The number of carbonyl (C=O) groups is 1. The number of nitro benzene ring substituents is 1. The van der Waals surface area contributed by atoms with Gasteiger partial charge in [-0.25, -0.2) is 5.43 Å². The first-order valence-electron chi connectivity index (χ1n) is 6.36. The van der Waals surface area contributed by atoms with E-state index in [-0.39, 0.29) is 11.6 Å². The number of hydrogen-bond donors (Lipinski definition) is 2. The number of aryl methyl sites for hydroxylation is 1. The molecule has 0 fully saturated rings. The third kappa shape index (κ3) is 3.53. The van der Waals surface area contributed by atoms with E-state index in [1.807, 2.05) is 6.92 Å². The minimum absolute atomic E-state index is 0.0529. The van der Waals surface area contributed by atoms with E-state index in [1.165, 1.54) is 12.3 Å². The van der Waals surface area contributed by atoms with Gasteiger partial charge < -0.3 is 4.98 Å². The summed E-state index contributed by atoms with van der Waals surface area (Å²) in [5.74, 6) is -0.379. The molecular formula is C14H14N4O3. The van der Waals surface area contributed by atoms with E-state index < -0.39 is 4.92 Å². The first-order chi connectivity index (χ1) is 10.1. The van der Waals surface area contributed by atoms with Crippen molar-refractivity contribution in [3.63, 3.8) is 0 Å². The van der Waals surface area contributed by atoms with Crippen molar-refractivity contribution in [3.8, 4) is 0 Å². The number of rotatable bonds is 5. The van der Waals surface area contributed by atoms with E-state index >= 15 is 0 Å². The fraction of sp³-hybridized carbons (Fsp3) is 0.143. The SMILES string of the molecule is CCc1ccc(/C=N\NC(=O)c2ccc[nH]2)cc1[N+](=O)[O-]. The Kier molecular flexibility index (Phi) is 4.45. The standard InChI is InChI=1S/C14H14N4O3/c1-2-11-6-5-10(8-13(11)18(20)21)9-16-17-14(19)12-4-3-7-15-12/h3-9,15H,2H2,1H3,(H,17,19)/b16-9-. The summed E-state index contributed by atoms with van der Waals surface area (Å²) in [6.45, 7) is 1.85. The topological polar surface area (TPSA) is 100 Å². The number of nitrogens with zero attached hydrogens (tertiary/aromatic N) is 2. The van der Waals surface area contributed by atoms with Gasteiger partial charge in [0.1, 0.15) is 5.69 Å². The monoisotopic (exact) mass is 286 g/mol. The molecule has 0 radical (unpaired) electrons. The number of aromatic nitrogens is 1. The quantitative estimate of drug-likeness (QED) is 0.500. The molecule has 0 spiro atoms. The van der Waals surface area contributed by atoms with Gasteiger partial charge in [-0.15, -0.1) is 0 Å². The Morgan fingerprint density at radius 2 is 2.29 bits per heavy atom. The van der Waals surface area contributed by atoms with Crippen LogP contribution in [0.15, 0.2) is 41.6 Å². The van der Waals surface area contributed by atoms with Gasteiger partial charge in [-0.3, -0.25) is 14.9 Å². The van der Waals surface area contributed by atoms with Crippen molar-refractivity contribution in [2.75, 3.05) is 0 Å². The van der Waals surface area contributed by atoms with Crippen LogP contribution in [-0.4, -0.2) is 22.0 Å². The highest BCUT2D eigenvalue weighted by atomic mass is 16.6. The Balaban J connectivity index is 2.09. The predicted octanol–water partition coefficient (Wildman–Crippen LogP) is 2.25. The molecule has 0 aliphatic heterocycles. The van der Waals surface area contributed by atoms with E-state index in [9.17, 15) is 14.9 Å². The van der Waals surface area contributed by atoms with E-state index in [1.54, 1.807) is 30.5 Å². The summed E-state index contributed by atoms with van der Waals surface area (Å²) in [7, 11) is 0. The largest absolute Gasteiger partial charge is 0.357 e. The molecule has 1 aromatic carbocycles. The van der Waals surface area contributed by atoms with Gasteiger partial charge in [0.25, 0.3) is 11.6 Å². The molecule has 2 rings (SSSR count). The van der Waals surface area contributed by atoms with Crippen molar-refractivity contribution in [1.82, 2.24) is 10.4 Å². The number of hydrogen-bond acceptors (Lipinski definition) is 4. The number of aromatic amines is 1. The van der Waals surface area contributed by atoms with Gasteiger partial charge in [-0.05, 0) is 18.6 Å². The van der Waals surface area contributed by atoms with Crippen LogP contribution < -0.4 is 5.43 Å². The summed E-state index contributed by atoms with van der Waals surface area (Å²) < 4.78 is 0. The summed E-state index contributed by atoms with van der Waals surface area (Å²) in [4.78, 5) is 24.9. The van der Waals surface area contributed by atoms with E-state index in [2.05, 4.69) is 15.5 Å². The van der Waals surface area contributed by atoms with Crippen molar-refractivity contribution in [1.29, 1.82) is 0 Å². The van der Waals surface area contributed by atoms with Crippen LogP contribution in [0.3, 0.4) is 0 Å². The van der Waals surface area contributed by atoms with Crippen LogP contribution in [0.25, 0.3) is 0 Å². The molecule has 0 saturated carbocycles. The molecule has 0 aliphatic rings. The second kappa shape index (κ2) is 6.47. The minimum Gasteiger partial charge on any atom is -0.357 e. The fourth-order valence-corrected chi connectivity index (χ4v) is 1.83. The van der Waals surface area contributed by atoms with Crippen molar-refractivity contribution >= 4 is 17.8 Å². The van der Waals surface area contributed by atoms with E-state index in [0.717, 1.165) is 0 Å². The van der Waals surface area contributed by atoms with Crippen molar-refractivity contribution in [2.45, 2.75) is 13.3 Å². The Bertz CT molecular complexity index is 678. The summed E-state index contributed by atoms with van der Waals surface area (Å²) >= 11 is 0. The number of nitro groups is 1. The lowest BCUT2D eigenvalue weighted by Crippen LogP contribution is -2.17. The number of nitrogens with one attached hydrogen (secondary N) is 2. The van der Waals surface area contributed by atoms with Gasteiger partial charge in [0.2, 0.25) is 0 Å². The molecule has 2 N–H and O–H groups in total. The van der Waals surface area contributed by atoms with Gasteiger partial charge in [-0.1, -0.05) is 19.1 Å². The summed E-state index contributed by atoms with van der Waals surface area (Å²) in [6, 6.07) is 8.16. The molecule has 7 heteroatoms. The second-order valence-corrected chi connectivity index (χ2v) is 4.28. The molecule has 108 valence electrons. The number of carbonyl (C=O) groups excluding carboxylic acids is 1. The summed E-state index contributed by atoms with van der Waals surface area (Å²) in [5.41, 5.74) is 3.99. The zero-order valence-electron chi connectivity index (χ0n) is 11.4. The molecule has 2 aromatic rings. The Hall–Kier alpha value is -2.96. The highest BCUT2D eigenvalue weighted by Crippen LogP contribution is 2.19. The molecule has 1 amide bonds. The average molecular weight is 286 g/mol. The third-order valence-corrected chi connectivity index (χ3v) is 2.91. The summed E-state index contributed by atoms with van der Waals surface area (Å²) in [5, 5.41) is 14.7. The molecule has 1 heterocycles. The number of amides is 1. The van der Waals surface area contributed by atoms with Crippen LogP contribution in [0.1, 0.15) is 28.5 Å². The summed E-state index contributed by atoms with van der Waals surface area (Å²) in [6.07, 6.45) is 3.58. The zero-order valence-corrected chi connectivity index (χ0v) is 11.4. The van der Waals surface area contributed by atoms with Crippen molar-refractivity contribution in [2.24, 2.45) is 5.10 Å². The van der Waals surface area contributed by atoms with Crippen LogP contribution in [0.2, 0.25) is 0 Å². The molecule has 7 nitrogen and oxygen atoms in total. The average Bonchev–Trinajstić information content (AvgIpc) is 3.01. The third-order valence-electron chi connectivity index (χ3n) is 2.91. The minimum atomic E-state index is -0.423. The maximum Gasteiger partial charge on any atom is 0.287 e. The second-order valence-electron chi connectivity index (χ2n) is 4.28. The molecule has 0 atom stereocenters. The van der Waals surface area contributed by atoms with Gasteiger partial charge in [0.05, 0.1) is 11.1 Å². The molecular weight excluding hydrogens is 272 g/mol. The maximum absolute atomic E-state index is 11.6. The van der Waals surface area contributed by atoms with Gasteiger partial charge in [0.15, 0.2) is 0 Å². The smallest absolute Gasteiger partial charge is 0.287 e. The lowest BCUT2D eigenvalue weighted by atomic mass is 10.1. The first kappa shape index (κ1) is 14.4. The van der Waals surface area contributed by atoms with Gasteiger partial charge >= 0.3 is 0 Å². The van der Waals surface area contributed by atoms with Gasteiger partial charge in [0, 0.05) is 23.4 Å². The number of benzene rings is 1. The molecule has 0 unspecified atom stereocenters. The molecule has 0 aliphatic carbocycles. The highest BCUT2D eigenvalue weighted by molar-refractivity contribution is 5.93. The molecule has 0 bridgehead atoms. The van der Waals surface area contributed by atoms with E-state index in [0.29, 0.717) is 23.2 Å². The van der Waals surface area contributed by atoms with Crippen LogP contribution in [-0.2, 0) is 6.42 Å². The Morgan fingerprint density at radius 3 is 2.90 bits per heavy atom. The highest BCUT2D eigenvalue weighted by Gasteiger charge is 2.12. The van der Waals surface area contributed by atoms with Crippen molar-refractivity contribution < 1.29 is 9.72 Å². The van der Waals surface area contributed by atoms with Crippen LogP contribution in [0.5, 0.6) is 0 Å². The number of hydrazone groups is 1. The molecule has 1 aromatic heterocycles. The van der Waals surface area contributed by atoms with Gasteiger partial charge in [-0.2, -0.15) is 5.10 Å². The lowest BCUT2D eigenvalue weighted by Gasteiger charge is -2.01. The first-order valence-corrected chi connectivity index (χ1v) is 6.36.